The van der Waals surface area contributed by atoms with Gasteiger partial charge < -0.3 is 5.11 Å². The minimum Gasteiger partial charge on any atom is -0.381 e. The van der Waals surface area contributed by atoms with Gasteiger partial charge in [-0.05, 0) is 74.7 Å². The van der Waals surface area contributed by atoms with Crippen molar-refractivity contribution in [2.24, 2.45) is 34.3 Å². The summed E-state index contributed by atoms with van der Waals surface area (Å²) in [4.78, 5) is 34.8. The van der Waals surface area contributed by atoms with Gasteiger partial charge >= 0.3 is 0 Å². The molecule has 3 saturated carbocycles. The van der Waals surface area contributed by atoms with Crippen LogP contribution >= 0.6 is 0 Å². The Kier molecular flexibility index (Phi) is 3.98. The molecule has 0 radical (unpaired) electrons. The Labute approximate surface area is 148 Å². The quantitative estimate of drug-likeness (QED) is 0.796. The maximum atomic E-state index is 12.5. The van der Waals surface area contributed by atoms with E-state index in [2.05, 4.69) is 12.1 Å². The molecule has 0 spiro atoms. The third-order valence-electron chi connectivity index (χ3n) is 8.12. The molecule has 6 atom stereocenters. The van der Waals surface area contributed by atoms with Crippen molar-refractivity contribution in [3.05, 3.63) is 16.6 Å². The Morgan fingerprint density at radius 2 is 2.00 bits per heavy atom. The molecule has 0 heterocycles. The van der Waals surface area contributed by atoms with Gasteiger partial charge in [0.2, 0.25) is 0 Å². The summed E-state index contributed by atoms with van der Waals surface area (Å²) in [5, 5.41) is 13.9. The normalized spacial score (nSPS) is 45.8. The third kappa shape index (κ3) is 2.31. The molecule has 0 saturated heterocycles. The number of hydrogen-bond donors (Lipinski definition) is 1. The maximum absolute atomic E-state index is 12.5. The van der Waals surface area contributed by atoms with E-state index in [1.165, 1.54) is 5.57 Å². The van der Waals surface area contributed by atoms with E-state index in [-0.39, 0.29) is 5.78 Å². The second-order valence-corrected chi connectivity index (χ2v) is 8.87. The van der Waals surface area contributed by atoms with Gasteiger partial charge in [-0.15, -0.1) is 0 Å². The lowest BCUT2D eigenvalue weighted by atomic mass is 9.50. The zero-order valence-electron chi connectivity index (χ0n) is 14.9. The van der Waals surface area contributed by atoms with Gasteiger partial charge in [0.15, 0.2) is 11.6 Å². The minimum absolute atomic E-state index is 0.271. The Hall–Kier alpha value is -1.36. The number of allylic oxidation sites excluding steroid dienone is 1. The molecule has 0 aromatic heterocycles. The number of carbonyl (C=O) groups is 2. The molecule has 5 nitrogen and oxygen atoms in total. The lowest BCUT2D eigenvalue weighted by molar-refractivity contribution is -0.158. The molecule has 5 heteroatoms. The topological polar surface area (TPSA) is 83.8 Å². The Bertz CT molecular complexity index is 656. The molecule has 1 N–H and O–H groups in total. The number of aliphatic hydroxyl groups is 1. The number of carbonyl (C=O) groups excluding carboxylic acids is 2. The van der Waals surface area contributed by atoms with Crippen molar-refractivity contribution in [3.8, 4) is 0 Å². The van der Waals surface area contributed by atoms with Crippen molar-refractivity contribution < 1.29 is 14.7 Å². The van der Waals surface area contributed by atoms with Crippen molar-refractivity contribution in [2.45, 2.75) is 63.9 Å². The fourth-order valence-electron chi connectivity index (χ4n) is 6.84. The molecule has 136 valence electrons. The molecule has 6 unspecified atom stereocenters. The van der Waals surface area contributed by atoms with Gasteiger partial charge in [-0.3, -0.25) is 9.59 Å². The number of ketones is 2. The summed E-state index contributed by atoms with van der Waals surface area (Å²) in [7, 11) is 0. The van der Waals surface area contributed by atoms with E-state index in [1.807, 2.05) is 6.08 Å². The number of nitrogens with zero attached hydrogens (tertiary/aromatic N) is 1. The summed E-state index contributed by atoms with van der Waals surface area (Å²) in [5.41, 5.74) is -0.493. The van der Waals surface area contributed by atoms with Gasteiger partial charge in [0.1, 0.15) is 12.1 Å². The highest BCUT2D eigenvalue weighted by Crippen LogP contribution is 2.65. The first kappa shape index (κ1) is 17.1. The van der Waals surface area contributed by atoms with E-state index in [0.29, 0.717) is 36.5 Å². The van der Waals surface area contributed by atoms with Gasteiger partial charge in [-0.2, -0.15) is 4.91 Å². The molecule has 0 aromatic carbocycles. The van der Waals surface area contributed by atoms with Gasteiger partial charge in [0.25, 0.3) is 0 Å². The molecular weight excluding hydrogens is 318 g/mol. The van der Waals surface area contributed by atoms with Crippen LogP contribution < -0.4 is 0 Å². The predicted molar refractivity (Wildman–Crippen MR) is 92.7 cm³/mol. The van der Waals surface area contributed by atoms with Gasteiger partial charge in [0.05, 0.1) is 0 Å². The second kappa shape index (κ2) is 5.83. The third-order valence-corrected chi connectivity index (χ3v) is 8.12. The number of nitroso groups, excluding NO2 is 1. The summed E-state index contributed by atoms with van der Waals surface area (Å²) in [6.45, 7) is 1.63. The van der Waals surface area contributed by atoms with Gasteiger partial charge in [-0.1, -0.05) is 17.7 Å². The zero-order chi connectivity index (χ0) is 17.8. The molecule has 0 aromatic rings. The first-order valence-electron chi connectivity index (χ1n) is 9.69. The Balaban J connectivity index is 1.62. The van der Waals surface area contributed by atoms with Crippen molar-refractivity contribution in [1.29, 1.82) is 0 Å². The van der Waals surface area contributed by atoms with Gasteiger partial charge in [0, 0.05) is 11.8 Å². The van der Waals surface area contributed by atoms with Crippen LogP contribution in [0.3, 0.4) is 0 Å². The molecule has 4 aliphatic rings. The number of fused-ring (bicyclic) bond motifs is 5. The molecule has 25 heavy (non-hydrogen) atoms. The van der Waals surface area contributed by atoms with Crippen LogP contribution in [0.1, 0.15) is 58.3 Å². The predicted octanol–water partition coefficient (Wildman–Crippen LogP) is 3.19. The fraction of sp³-hybridized carbons (Fsp3) is 0.800. The van der Waals surface area contributed by atoms with Crippen molar-refractivity contribution in [1.82, 2.24) is 0 Å². The SMILES string of the molecule is CC12CCC3C4CCC(=O)C=C4CCC3C1CCC2(O)C(=O)CN=O. The van der Waals surface area contributed by atoms with E-state index >= 15 is 0 Å². The molecule has 0 bridgehead atoms. The van der Waals surface area contributed by atoms with Crippen molar-refractivity contribution >= 4 is 11.6 Å². The fourth-order valence-corrected chi connectivity index (χ4v) is 6.84. The highest BCUT2D eigenvalue weighted by molar-refractivity contribution is 5.91. The first-order chi connectivity index (χ1) is 11.9. The van der Waals surface area contributed by atoms with Gasteiger partial charge in [-0.25, -0.2) is 0 Å². The molecule has 4 rings (SSSR count). The van der Waals surface area contributed by atoms with Crippen LogP contribution in [-0.2, 0) is 9.59 Å². The maximum Gasteiger partial charge on any atom is 0.189 e. The number of hydrogen-bond acceptors (Lipinski definition) is 5. The molecule has 0 amide bonds. The molecule has 4 aliphatic carbocycles. The monoisotopic (exact) mass is 345 g/mol. The first-order valence-corrected chi connectivity index (χ1v) is 9.69. The van der Waals surface area contributed by atoms with Crippen LogP contribution in [0.15, 0.2) is 16.8 Å². The summed E-state index contributed by atoms with van der Waals surface area (Å²) in [5.74, 6) is 1.80. The summed E-state index contributed by atoms with van der Waals surface area (Å²) in [6.07, 6.45) is 8.67. The average molecular weight is 345 g/mol. The molecule has 3 fully saturated rings. The highest BCUT2D eigenvalue weighted by Gasteiger charge is 2.64. The van der Waals surface area contributed by atoms with E-state index < -0.39 is 23.3 Å². The Morgan fingerprint density at radius 3 is 2.76 bits per heavy atom. The second-order valence-electron chi connectivity index (χ2n) is 8.87. The summed E-state index contributed by atoms with van der Waals surface area (Å²) >= 11 is 0. The summed E-state index contributed by atoms with van der Waals surface area (Å²) < 4.78 is 0. The lowest BCUT2D eigenvalue weighted by Gasteiger charge is -2.55. The Morgan fingerprint density at radius 1 is 1.20 bits per heavy atom. The lowest BCUT2D eigenvalue weighted by Crippen LogP contribution is -2.56. The standard InChI is InChI=1S/C20H27NO4/c1-19-8-6-15-14-5-3-13(22)10-12(14)2-4-16(15)17(19)7-9-20(19,24)18(23)11-21-25/h10,14-17,24H,2-9,11H2,1H3. The van der Waals surface area contributed by atoms with Crippen LogP contribution in [-0.4, -0.2) is 28.8 Å². The van der Waals surface area contributed by atoms with Crippen LogP contribution in [0.5, 0.6) is 0 Å². The van der Waals surface area contributed by atoms with E-state index in [9.17, 15) is 19.6 Å². The van der Waals surface area contributed by atoms with Crippen LogP contribution in [0, 0.1) is 34.0 Å². The van der Waals surface area contributed by atoms with E-state index in [4.69, 9.17) is 0 Å². The van der Waals surface area contributed by atoms with Crippen LogP contribution in [0.2, 0.25) is 0 Å². The smallest absolute Gasteiger partial charge is 0.189 e. The molecular formula is C20H27NO4. The zero-order valence-corrected chi connectivity index (χ0v) is 14.9. The highest BCUT2D eigenvalue weighted by atomic mass is 16.3. The minimum atomic E-state index is -1.39. The van der Waals surface area contributed by atoms with Crippen molar-refractivity contribution in [2.75, 3.05) is 6.54 Å². The number of Topliss-reactive ketones (excluding diaryl/α,β-unsaturated/α-hetero) is 1. The summed E-state index contributed by atoms with van der Waals surface area (Å²) in [6, 6.07) is 0. The van der Waals surface area contributed by atoms with Crippen LogP contribution in [0.4, 0.5) is 0 Å². The van der Waals surface area contributed by atoms with Crippen molar-refractivity contribution in [3.63, 3.8) is 0 Å². The largest absolute Gasteiger partial charge is 0.381 e. The average Bonchev–Trinajstić information content (AvgIpc) is 2.87. The van der Waals surface area contributed by atoms with E-state index in [1.54, 1.807) is 0 Å². The molecule has 0 aliphatic heterocycles. The number of rotatable bonds is 3. The van der Waals surface area contributed by atoms with E-state index in [0.717, 1.165) is 38.5 Å². The van der Waals surface area contributed by atoms with Crippen LogP contribution in [0.25, 0.3) is 0 Å².